The molecule has 0 bridgehead atoms. The number of rotatable bonds is 3. The van der Waals surface area contributed by atoms with Gasteiger partial charge in [0.15, 0.2) is 0 Å². The Morgan fingerprint density at radius 1 is 1.32 bits per heavy atom. The minimum absolute atomic E-state index is 0.0141. The lowest BCUT2D eigenvalue weighted by Gasteiger charge is -2.15. The minimum atomic E-state index is -0.178. The van der Waals surface area contributed by atoms with Gasteiger partial charge in [0.05, 0.1) is 5.92 Å². The summed E-state index contributed by atoms with van der Waals surface area (Å²) >= 11 is 5.91. The van der Waals surface area contributed by atoms with Crippen molar-refractivity contribution >= 4 is 23.2 Å². The van der Waals surface area contributed by atoms with Crippen LogP contribution in [0.2, 0.25) is 0 Å². The number of benzene rings is 1. The molecule has 0 heterocycles. The van der Waals surface area contributed by atoms with Crippen LogP contribution in [-0.2, 0) is 4.79 Å². The van der Waals surface area contributed by atoms with Gasteiger partial charge >= 0.3 is 0 Å². The van der Waals surface area contributed by atoms with Crippen molar-refractivity contribution in [1.82, 2.24) is 0 Å². The molecule has 100 valence electrons. The maximum Gasteiger partial charge on any atom is 0.231 e. The summed E-state index contributed by atoms with van der Waals surface area (Å²) in [5.74, 6) is 0.303. The normalized spacial score (nSPS) is 18.3. The molecule has 1 amide bonds. The highest BCUT2D eigenvalue weighted by Crippen LogP contribution is 2.22. The molecule has 2 rings (SSSR count). The molecule has 0 aliphatic heterocycles. The van der Waals surface area contributed by atoms with E-state index in [2.05, 4.69) is 19.2 Å². The number of halogens is 1. The molecular weight excluding hydrogens is 258 g/mol. The maximum absolute atomic E-state index is 12.1. The average Bonchev–Trinajstić information content (AvgIpc) is 2.39. The van der Waals surface area contributed by atoms with Crippen molar-refractivity contribution in [3.8, 4) is 0 Å². The van der Waals surface area contributed by atoms with Gasteiger partial charge < -0.3 is 5.32 Å². The standard InChI is InChI=1S/C16H18ClNO/c1-11(2)12-6-8-15(9-7-12)18-16(19)13-4-3-5-14(17)10-13/h3,5-11,13H,4H2,1-2H3,(H,18,19). The van der Waals surface area contributed by atoms with Gasteiger partial charge in [0.1, 0.15) is 0 Å². The minimum Gasteiger partial charge on any atom is -0.326 e. The van der Waals surface area contributed by atoms with E-state index in [0.29, 0.717) is 17.4 Å². The Hall–Kier alpha value is -1.54. The highest BCUT2D eigenvalue weighted by molar-refractivity contribution is 6.31. The summed E-state index contributed by atoms with van der Waals surface area (Å²) in [6.45, 7) is 4.30. The Labute approximate surface area is 119 Å². The lowest BCUT2D eigenvalue weighted by molar-refractivity contribution is -0.118. The van der Waals surface area contributed by atoms with Crippen LogP contribution in [0.1, 0.15) is 31.7 Å². The number of allylic oxidation sites excluding steroid dienone is 3. The SMILES string of the molecule is CC(C)c1ccc(NC(=O)C2C=C(Cl)C=CC2)cc1. The number of amides is 1. The number of carbonyl (C=O) groups excluding carboxylic acids is 1. The number of hydrogen-bond acceptors (Lipinski definition) is 1. The maximum atomic E-state index is 12.1. The molecule has 1 N–H and O–H groups in total. The lowest BCUT2D eigenvalue weighted by atomic mass is 9.99. The third kappa shape index (κ3) is 3.71. The first kappa shape index (κ1) is 13.9. The Bertz CT molecular complexity index is 514. The fraction of sp³-hybridized carbons (Fsp3) is 0.312. The van der Waals surface area contributed by atoms with E-state index in [0.717, 1.165) is 5.69 Å². The number of carbonyl (C=O) groups is 1. The highest BCUT2D eigenvalue weighted by atomic mass is 35.5. The Morgan fingerprint density at radius 2 is 2.00 bits per heavy atom. The van der Waals surface area contributed by atoms with Crippen LogP contribution in [0.15, 0.2) is 47.5 Å². The van der Waals surface area contributed by atoms with Gasteiger partial charge in [-0.3, -0.25) is 4.79 Å². The zero-order valence-electron chi connectivity index (χ0n) is 11.2. The van der Waals surface area contributed by atoms with Crippen molar-refractivity contribution in [2.75, 3.05) is 5.32 Å². The second-order valence-corrected chi connectivity index (χ2v) is 5.50. The van der Waals surface area contributed by atoms with Crippen LogP contribution in [0, 0.1) is 5.92 Å². The zero-order chi connectivity index (χ0) is 13.8. The van der Waals surface area contributed by atoms with Gasteiger partial charge in [-0.05, 0) is 36.1 Å². The second kappa shape index (κ2) is 6.07. The molecule has 1 aromatic carbocycles. The van der Waals surface area contributed by atoms with Crippen LogP contribution in [-0.4, -0.2) is 5.91 Å². The van der Waals surface area contributed by atoms with E-state index in [1.807, 2.05) is 36.4 Å². The predicted octanol–water partition coefficient (Wildman–Crippen LogP) is 4.45. The molecule has 19 heavy (non-hydrogen) atoms. The molecule has 0 aromatic heterocycles. The van der Waals surface area contributed by atoms with Gasteiger partial charge in [0.2, 0.25) is 5.91 Å². The third-order valence-corrected chi connectivity index (χ3v) is 3.46. The van der Waals surface area contributed by atoms with E-state index in [9.17, 15) is 4.79 Å². The smallest absolute Gasteiger partial charge is 0.231 e. The van der Waals surface area contributed by atoms with Gasteiger partial charge in [-0.1, -0.05) is 49.7 Å². The molecule has 1 unspecified atom stereocenters. The predicted molar refractivity (Wildman–Crippen MR) is 80.3 cm³/mol. The van der Waals surface area contributed by atoms with Crippen molar-refractivity contribution in [2.45, 2.75) is 26.2 Å². The molecule has 3 heteroatoms. The van der Waals surface area contributed by atoms with E-state index < -0.39 is 0 Å². The number of anilines is 1. The molecule has 0 radical (unpaired) electrons. The van der Waals surface area contributed by atoms with E-state index in [4.69, 9.17) is 11.6 Å². The molecule has 0 saturated heterocycles. The third-order valence-electron chi connectivity index (χ3n) is 3.21. The summed E-state index contributed by atoms with van der Waals surface area (Å²) in [4.78, 5) is 12.1. The summed E-state index contributed by atoms with van der Waals surface area (Å²) < 4.78 is 0. The van der Waals surface area contributed by atoms with Gasteiger partial charge in [-0.15, -0.1) is 0 Å². The van der Waals surface area contributed by atoms with Crippen molar-refractivity contribution in [1.29, 1.82) is 0 Å². The Balaban J connectivity index is 2.01. The quantitative estimate of drug-likeness (QED) is 0.868. The highest BCUT2D eigenvalue weighted by Gasteiger charge is 2.17. The van der Waals surface area contributed by atoms with E-state index in [1.165, 1.54) is 5.56 Å². The van der Waals surface area contributed by atoms with Crippen molar-refractivity contribution in [3.63, 3.8) is 0 Å². The monoisotopic (exact) mass is 275 g/mol. The van der Waals surface area contributed by atoms with Crippen LogP contribution in [0.25, 0.3) is 0 Å². The molecular formula is C16H18ClNO. The Kier molecular flexibility index (Phi) is 4.43. The van der Waals surface area contributed by atoms with Crippen molar-refractivity contribution in [3.05, 3.63) is 53.1 Å². The lowest BCUT2D eigenvalue weighted by Crippen LogP contribution is -2.21. The van der Waals surface area contributed by atoms with E-state index >= 15 is 0 Å². The molecule has 0 saturated carbocycles. The summed E-state index contributed by atoms with van der Waals surface area (Å²) in [5.41, 5.74) is 2.09. The molecule has 1 aliphatic carbocycles. The second-order valence-electron chi connectivity index (χ2n) is 5.06. The summed E-state index contributed by atoms with van der Waals surface area (Å²) in [6.07, 6.45) is 6.24. The first-order valence-corrected chi connectivity index (χ1v) is 6.89. The van der Waals surface area contributed by atoms with Crippen LogP contribution in [0.5, 0.6) is 0 Å². The van der Waals surface area contributed by atoms with Crippen molar-refractivity contribution in [2.24, 2.45) is 5.92 Å². The van der Waals surface area contributed by atoms with Gasteiger partial charge in [-0.25, -0.2) is 0 Å². The topological polar surface area (TPSA) is 29.1 Å². The summed E-state index contributed by atoms with van der Waals surface area (Å²) in [7, 11) is 0. The van der Waals surface area contributed by atoms with E-state index in [1.54, 1.807) is 6.08 Å². The fourth-order valence-electron chi connectivity index (χ4n) is 2.01. The van der Waals surface area contributed by atoms with Crippen molar-refractivity contribution < 1.29 is 4.79 Å². The fourth-order valence-corrected chi connectivity index (χ4v) is 2.25. The van der Waals surface area contributed by atoms with Crippen LogP contribution < -0.4 is 5.32 Å². The molecule has 0 spiro atoms. The largest absolute Gasteiger partial charge is 0.326 e. The number of hydrogen-bond donors (Lipinski definition) is 1. The first-order chi connectivity index (χ1) is 9.06. The van der Waals surface area contributed by atoms with Gasteiger partial charge in [0, 0.05) is 10.7 Å². The van der Waals surface area contributed by atoms with E-state index in [-0.39, 0.29) is 11.8 Å². The first-order valence-electron chi connectivity index (χ1n) is 6.51. The molecule has 1 aromatic rings. The molecule has 2 nitrogen and oxygen atoms in total. The zero-order valence-corrected chi connectivity index (χ0v) is 11.9. The van der Waals surface area contributed by atoms with Gasteiger partial charge in [0.25, 0.3) is 0 Å². The van der Waals surface area contributed by atoms with Crippen LogP contribution in [0.3, 0.4) is 0 Å². The summed E-state index contributed by atoms with van der Waals surface area (Å²) in [6, 6.07) is 7.97. The van der Waals surface area contributed by atoms with Crippen LogP contribution in [0.4, 0.5) is 5.69 Å². The molecule has 0 fully saturated rings. The molecule has 1 aliphatic rings. The molecule has 1 atom stereocenters. The van der Waals surface area contributed by atoms with Gasteiger partial charge in [-0.2, -0.15) is 0 Å². The average molecular weight is 276 g/mol. The number of nitrogens with one attached hydrogen (secondary N) is 1. The Morgan fingerprint density at radius 3 is 2.58 bits per heavy atom. The summed E-state index contributed by atoms with van der Waals surface area (Å²) in [5, 5.41) is 3.55. The van der Waals surface area contributed by atoms with Crippen LogP contribution >= 0.6 is 11.6 Å².